The maximum atomic E-state index is 12.4. The van der Waals surface area contributed by atoms with Crippen LogP contribution in [-0.2, 0) is 22.6 Å². The van der Waals surface area contributed by atoms with Crippen molar-refractivity contribution in [3.8, 4) is 5.75 Å². The second kappa shape index (κ2) is 9.21. The Balaban J connectivity index is 1.42. The number of nitrogens with zero attached hydrogens (tertiary/aromatic N) is 1. The molecule has 1 N–H and O–H groups in total. The highest BCUT2D eigenvalue weighted by molar-refractivity contribution is 5.89. The SMILES string of the molecule is COc1ccc(CN2CC(C(=O)NCCCc3ccccc3)CC2=O)cc1. The number of nitrogens with one attached hydrogen (secondary N) is 1. The van der Waals surface area contributed by atoms with Crippen LogP contribution in [0.4, 0.5) is 0 Å². The van der Waals surface area contributed by atoms with Crippen molar-refractivity contribution in [1.82, 2.24) is 10.2 Å². The van der Waals surface area contributed by atoms with Crippen LogP contribution in [-0.4, -0.2) is 36.9 Å². The molecule has 142 valence electrons. The van der Waals surface area contributed by atoms with Crippen molar-refractivity contribution >= 4 is 11.8 Å². The molecule has 1 unspecified atom stereocenters. The molecule has 3 rings (SSSR count). The Labute approximate surface area is 160 Å². The summed E-state index contributed by atoms with van der Waals surface area (Å²) in [5, 5.41) is 2.98. The Hall–Kier alpha value is -2.82. The molecule has 1 aliphatic rings. The number of carbonyl (C=O) groups excluding carboxylic acids is 2. The molecule has 2 amide bonds. The van der Waals surface area contributed by atoms with Crippen molar-refractivity contribution in [2.45, 2.75) is 25.8 Å². The molecule has 1 atom stereocenters. The van der Waals surface area contributed by atoms with Crippen molar-refractivity contribution in [3.63, 3.8) is 0 Å². The van der Waals surface area contributed by atoms with Gasteiger partial charge in [-0.2, -0.15) is 0 Å². The fourth-order valence-corrected chi connectivity index (χ4v) is 3.35. The van der Waals surface area contributed by atoms with E-state index in [2.05, 4.69) is 17.4 Å². The molecular weight excluding hydrogens is 340 g/mol. The van der Waals surface area contributed by atoms with Gasteiger partial charge in [0.1, 0.15) is 5.75 Å². The van der Waals surface area contributed by atoms with Gasteiger partial charge in [-0.25, -0.2) is 0 Å². The van der Waals surface area contributed by atoms with Gasteiger partial charge >= 0.3 is 0 Å². The van der Waals surface area contributed by atoms with Crippen LogP contribution >= 0.6 is 0 Å². The fraction of sp³-hybridized carbons (Fsp3) is 0.364. The van der Waals surface area contributed by atoms with E-state index in [9.17, 15) is 9.59 Å². The summed E-state index contributed by atoms with van der Waals surface area (Å²) in [6.45, 7) is 1.65. The van der Waals surface area contributed by atoms with E-state index in [0.29, 0.717) is 26.1 Å². The first-order valence-corrected chi connectivity index (χ1v) is 9.38. The van der Waals surface area contributed by atoms with Gasteiger partial charge in [-0.1, -0.05) is 42.5 Å². The summed E-state index contributed by atoms with van der Waals surface area (Å²) >= 11 is 0. The van der Waals surface area contributed by atoms with Crippen LogP contribution in [0.3, 0.4) is 0 Å². The number of aryl methyl sites for hydroxylation is 1. The molecule has 2 aromatic rings. The minimum Gasteiger partial charge on any atom is -0.497 e. The van der Waals surface area contributed by atoms with Crippen LogP contribution in [0.15, 0.2) is 54.6 Å². The van der Waals surface area contributed by atoms with Crippen molar-refractivity contribution in [2.75, 3.05) is 20.2 Å². The maximum absolute atomic E-state index is 12.4. The van der Waals surface area contributed by atoms with E-state index in [1.807, 2.05) is 42.5 Å². The number of carbonyl (C=O) groups is 2. The first-order valence-electron chi connectivity index (χ1n) is 9.38. The first-order chi connectivity index (χ1) is 13.2. The van der Waals surface area contributed by atoms with Gasteiger partial charge in [-0.3, -0.25) is 9.59 Å². The lowest BCUT2D eigenvalue weighted by molar-refractivity contribution is -0.129. The second-order valence-electron chi connectivity index (χ2n) is 6.90. The molecule has 1 fully saturated rings. The van der Waals surface area contributed by atoms with Gasteiger partial charge in [-0.15, -0.1) is 0 Å². The third-order valence-electron chi connectivity index (χ3n) is 4.90. The highest BCUT2D eigenvalue weighted by Crippen LogP contribution is 2.21. The summed E-state index contributed by atoms with van der Waals surface area (Å²) in [5.74, 6) is 0.552. The fourth-order valence-electron chi connectivity index (χ4n) is 3.35. The molecule has 1 saturated heterocycles. The van der Waals surface area contributed by atoms with Crippen molar-refractivity contribution in [2.24, 2.45) is 5.92 Å². The second-order valence-corrected chi connectivity index (χ2v) is 6.90. The van der Waals surface area contributed by atoms with Crippen LogP contribution in [0, 0.1) is 5.92 Å². The molecule has 1 heterocycles. The Morgan fingerprint density at radius 3 is 2.56 bits per heavy atom. The van der Waals surface area contributed by atoms with Gasteiger partial charge in [0.2, 0.25) is 11.8 Å². The minimum atomic E-state index is -0.257. The lowest BCUT2D eigenvalue weighted by Crippen LogP contribution is -2.33. The Morgan fingerprint density at radius 2 is 1.85 bits per heavy atom. The van der Waals surface area contributed by atoms with Gasteiger partial charge in [0.25, 0.3) is 0 Å². The number of amides is 2. The van der Waals surface area contributed by atoms with Crippen LogP contribution < -0.4 is 10.1 Å². The summed E-state index contributed by atoms with van der Waals surface area (Å²) in [6, 6.07) is 17.9. The van der Waals surface area contributed by atoms with Crippen molar-refractivity contribution in [3.05, 3.63) is 65.7 Å². The normalized spacial score (nSPS) is 16.4. The molecule has 5 nitrogen and oxygen atoms in total. The highest BCUT2D eigenvalue weighted by Gasteiger charge is 2.33. The average molecular weight is 366 g/mol. The van der Waals surface area contributed by atoms with Gasteiger partial charge < -0.3 is 15.0 Å². The lowest BCUT2D eigenvalue weighted by atomic mass is 10.1. The number of hydrogen-bond acceptors (Lipinski definition) is 3. The standard InChI is InChI=1S/C22H26N2O3/c1-27-20-11-9-18(10-12-20)15-24-16-19(14-21(24)25)22(26)23-13-5-8-17-6-3-2-4-7-17/h2-4,6-7,9-12,19H,5,8,13-16H2,1H3,(H,23,26). The summed E-state index contributed by atoms with van der Waals surface area (Å²) in [6.07, 6.45) is 2.13. The number of likely N-dealkylation sites (tertiary alicyclic amines) is 1. The van der Waals surface area contributed by atoms with E-state index < -0.39 is 0 Å². The average Bonchev–Trinajstić information content (AvgIpc) is 3.07. The van der Waals surface area contributed by atoms with Crippen LogP contribution in [0.5, 0.6) is 5.75 Å². The Bertz CT molecular complexity index is 759. The van der Waals surface area contributed by atoms with Crippen molar-refractivity contribution < 1.29 is 14.3 Å². The number of benzene rings is 2. The van der Waals surface area contributed by atoms with Crippen molar-refractivity contribution in [1.29, 1.82) is 0 Å². The predicted octanol–water partition coefficient (Wildman–Crippen LogP) is 2.79. The van der Waals surface area contributed by atoms with Crippen LogP contribution in [0.25, 0.3) is 0 Å². The number of methoxy groups -OCH3 is 1. The van der Waals surface area contributed by atoms with E-state index in [1.54, 1.807) is 12.0 Å². The van der Waals surface area contributed by atoms with Gasteiger partial charge in [0, 0.05) is 26.1 Å². The van der Waals surface area contributed by atoms with Crippen LogP contribution in [0.2, 0.25) is 0 Å². The molecule has 0 bridgehead atoms. The van der Waals surface area contributed by atoms with E-state index in [4.69, 9.17) is 4.74 Å². The largest absolute Gasteiger partial charge is 0.497 e. The zero-order valence-electron chi connectivity index (χ0n) is 15.7. The molecule has 1 aliphatic heterocycles. The monoisotopic (exact) mass is 366 g/mol. The van der Waals surface area contributed by atoms with Gasteiger partial charge in [0.05, 0.1) is 13.0 Å². The van der Waals surface area contributed by atoms with E-state index in [0.717, 1.165) is 24.2 Å². The molecular formula is C22H26N2O3. The summed E-state index contributed by atoms with van der Waals surface area (Å²) in [4.78, 5) is 26.4. The van der Waals surface area contributed by atoms with E-state index >= 15 is 0 Å². The molecule has 0 saturated carbocycles. The Kier molecular flexibility index (Phi) is 6.47. The molecule has 0 radical (unpaired) electrons. The predicted molar refractivity (Wildman–Crippen MR) is 104 cm³/mol. The quantitative estimate of drug-likeness (QED) is 0.731. The highest BCUT2D eigenvalue weighted by atomic mass is 16.5. The molecule has 5 heteroatoms. The molecule has 27 heavy (non-hydrogen) atoms. The topological polar surface area (TPSA) is 58.6 Å². The Morgan fingerprint density at radius 1 is 1.11 bits per heavy atom. The summed E-state index contributed by atoms with van der Waals surface area (Å²) < 4.78 is 5.15. The number of rotatable bonds is 8. The smallest absolute Gasteiger partial charge is 0.225 e. The maximum Gasteiger partial charge on any atom is 0.225 e. The lowest BCUT2D eigenvalue weighted by Gasteiger charge is -2.17. The number of hydrogen-bond donors (Lipinski definition) is 1. The first kappa shape index (κ1) is 19.0. The molecule has 0 aromatic heterocycles. The zero-order valence-corrected chi connectivity index (χ0v) is 15.7. The van der Waals surface area contributed by atoms with Gasteiger partial charge in [0.15, 0.2) is 0 Å². The van der Waals surface area contributed by atoms with Crippen LogP contribution in [0.1, 0.15) is 24.0 Å². The minimum absolute atomic E-state index is 0.0198. The van der Waals surface area contributed by atoms with E-state index in [1.165, 1.54) is 5.56 Å². The molecule has 0 spiro atoms. The molecule has 2 aromatic carbocycles. The third kappa shape index (κ3) is 5.33. The summed E-state index contributed by atoms with van der Waals surface area (Å²) in [7, 11) is 1.63. The zero-order chi connectivity index (χ0) is 19.1. The summed E-state index contributed by atoms with van der Waals surface area (Å²) in [5.41, 5.74) is 2.31. The third-order valence-corrected chi connectivity index (χ3v) is 4.90. The number of ether oxygens (including phenoxy) is 1. The van der Waals surface area contributed by atoms with E-state index in [-0.39, 0.29) is 17.7 Å². The van der Waals surface area contributed by atoms with Gasteiger partial charge in [-0.05, 0) is 36.1 Å². The molecule has 0 aliphatic carbocycles.